The van der Waals surface area contributed by atoms with Crippen LogP contribution in [0, 0.1) is 0 Å². The highest BCUT2D eigenvalue weighted by atomic mass is 19.4. The number of nitrogen functional groups attached to an aromatic ring is 1. The van der Waals surface area contributed by atoms with E-state index in [1.54, 1.807) is 18.2 Å². The van der Waals surface area contributed by atoms with E-state index in [-0.39, 0.29) is 30.3 Å². The molecule has 0 saturated carbocycles. The molecule has 22 heavy (non-hydrogen) atoms. The summed E-state index contributed by atoms with van der Waals surface area (Å²) in [7, 11) is 0. The van der Waals surface area contributed by atoms with E-state index < -0.39 is 18.5 Å². The third-order valence-corrected chi connectivity index (χ3v) is 2.93. The van der Waals surface area contributed by atoms with Crippen LogP contribution in [0.4, 0.5) is 24.8 Å². The number of pyridine rings is 1. The minimum absolute atomic E-state index is 0.140. The van der Waals surface area contributed by atoms with E-state index in [2.05, 4.69) is 10.3 Å². The number of amides is 1. The molecule has 0 aliphatic carbocycles. The lowest BCUT2D eigenvalue weighted by molar-refractivity contribution is -0.134. The second-order valence-electron chi connectivity index (χ2n) is 4.56. The summed E-state index contributed by atoms with van der Waals surface area (Å²) in [6, 6.07) is 4.76. The number of imidazole rings is 1. The van der Waals surface area contributed by atoms with Gasteiger partial charge in [0.2, 0.25) is 0 Å². The number of hydroxylamine groups is 1. The topological polar surface area (TPSA) is 105 Å². The number of carbonyl (C=O) groups excluding carboxylic acids is 1. The molecule has 0 radical (unpaired) electrons. The SMILES string of the molecule is Nc1cccc2nc(CCC(F)(F)F)c(NCC(=O)NO)n12. The maximum absolute atomic E-state index is 12.4. The van der Waals surface area contributed by atoms with Crippen molar-refractivity contribution in [2.24, 2.45) is 0 Å². The van der Waals surface area contributed by atoms with Gasteiger partial charge in [0.05, 0.1) is 12.2 Å². The van der Waals surface area contributed by atoms with Gasteiger partial charge in [0.15, 0.2) is 0 Å². The van der Waals surface area contributed by atoms with E-state index >= 15 is 0 Å². The van der Waals surface area contributed by atoms with Crippen LogP contribution < -0.4 is 16.5 Å². The Bertz CT molecular complexity index is 683. The molecular formula is C12H14F3N5O2. The first-order valence-electron chi connectivity index (χ1n) is 6.31. The van der Waals surface area contributed by atoms with Crippen molar-refractivity contribution in [3.05, 3.63) is 23.9 Å². The number of carbonyl (C=O) groups is 1. The van der Waals surface area contributed by atoms with E-state index in [1.807, 2.05) is 0 Å². The second-order valence-corrected chi connectivity index (χ2v) is 4.56. The highest BCUT2D eigenvalue weighted by Crippen LogP contribution is 2.27. The van der Waals surface area contributed by atoms with Crippen molar-refractivity contribution in [1.29, 1.82) is 0 Å². The molecule has 0 fully saturated rings. The van der Waals surface area contributed by atoms with Crippen LogP contribution in [-0.2, 0) is 11.2 Å². The normalized spacial score (nSPS) is 11.6. The summed E-state index contributed by atoms with van der Waals surface area (Å²) in [4.78, 5) is 15.2. The summed E-state index contributed by atoms with van der Waals surface area (Å²) in [5.74, 6) is -0.290. The molecule has 0 bridgehead atoms. The first-order valence-corrected chi connectivity index (χ1v) is 6.31. The Hall–Kier alpha value is -2.49. The lowest BCUT2D eigenvalue weighted by atomic mass is 10.2. The van der Waals surface area contributed by atoms with Gasteiger partial charge in [-0.05, 0) is 12.1 Å². The van der Waals surface area contributed by atoms with Crippen molar-refractivity contribution in [1.82, 2.24) is 14.9 Å². The number of alkyl halides is 3. The minimum atomic E-state index is -4.32. The molecule has 0 aliphatic rings. The zero-order valence-electron chi connectivity index (χ0n) is 11.3. The van der Waals surface area contributed by atoms with Gasteiger partial charge in [0.1, 0.15) is 17.3 Å². The molecule has 0 spiro atoms. The Morgan fingerprint density at radius 3 is 2.77 bits per heavy atom. The number of aromatic nitrogens is 2. The quantitative estimate of drug-likeness (QED) is 0.492. The van der Waals surface area contributed by atoms with E-state index in [4.69, 9.17) is 10.9 Å². The first kappa shape index (κ1) is 15.9. The monoisotopic (exact) mass is 317 g/mol. The number of anilines is 2. The van der Waals surface area contributed by atoms with Crippen LogP contribution in [-0.4, -0.2) is 33.2 Å². The van der Waals surface area contributed by atoms with Gasteiger partial charge in [0.25, 0.3) is 5.91 Å². The van der Waals surface area contributed by atoms with Gasteiger partial charge >= 0.3 is 6.18 Å². The van der Waals surface area contributed by atoms with Crippen LogP contribution in [0.25, 0.3) is 5.65 Å². The Labute approximate surface area is 122 Å². The number of rotatable bonds is 5. The molecule has 1 amide bonds. The highest BCUT2D eigenvalue weighted by molar-refractivity contribution is 5.79. The van der Waals surface area contributed by atoms with Crippen LogP contribution >= 0.6 is 0 Å². The van der Waals surface area contributed by atoms with Gasteiger partial charge in [-0.2, -0.15) is 13.2 Å². The Morgan fingerprint density at radius 2 is 2.14 bits per heavy atom. The molecule has 2 rings (SSSR count). The number of halogens is 3. The Morgan fingerprint density at radius 1 is 1.41 bits per heavy atom. The summed E-state index contributed by atoms with van der Waals surface area (Å²) in [5, 5.41) is 11.1. The van der Waals surface area contributed by atoms with Crippen LogP contribution in [0.1, 0.15) is 12.1 Å². The predicted molar refractivity (Wildman–Crippen MR) is 72.4 cm³/mol. The van der Waals surface area contributed by atoms with Crippen molar-refractivity contribution >= 4 is 23.2 Å². The predicted octanol–water partition coefficient (Wildman–Crippen LogP) is 1.33. The van der Waals surface area contributed by atoms with Crippen molar-refractivity contribution < 1.29 is 23.2 Å². The third kappa shape index (κ3) is 3.58. The smallest absolute Gasteiger partial charge is 0.385 e. The number of nitrogens with one attached hydrogen (secondary N) is 2. The Balaban J connectivity index is 2.36. The second kappa shape index (κ2) is 6.10. The van der Waals surface area contributed by atoms with E-state index in [9.17, 15) is 18.0 Å². The maximum Gasteiger partial charge on any atom is 0.389 e. The zero-order chi connectivity index (χ0) is 16.3. The average Bonchev–Trinajstić information content (AvgIpc) is 2.81. The maximum atomic E-state index is 12.4. The molecule has 0 aliphatic heterocycles. The van der Waals surface area contributed by atoms with Gasteiger partial charge < -0.3 is 11.1 Å². The lowest BCUT2D eigenvalue weighted by Crippen LogP contribution is -2.27. The number of hydrogen-bond donors (Lipinski definition) is 4. The molecule has 10 heteroatoms. The number of aryl methyl sites for hydroxylation is 1. The fourth-order valence-electron chi connectivity index (χ4n) is 1.98. The first-order chi connectivity index (χ1) is 10.3. The average molecular weight is 317 g/mol. The standard InChI is InChI=1S/C12H14F3N5O2/c13-12(14,15)5-4-7-11(17-6-10(21)19-22)20-8(16)2-1-3-9(20)18-7/h1-3,17,22H,4-6,16H2,(H,19,21). The van der Waals surface area contributed by atoms with Crippen LogP contribution in [0.3, 0.4) is 0 Å². The van der Waals surface area contributed by atoms with E-state index in [0.29, 0.717) is 5.65 Å². The molecule has 0 unspecified atom stereocenters. The van der Waals surface area contributed by atoms with Crippen molar-refractivity contribution in [2.75, 3.05) is 17.6 Å². The molecule has 0 aromatic carbocycles. The summed E-state index contributed by atoms with van der Waals surface area (Å²) < 4.78 is 38.6. The van der Waals surface area contributed by atoms with Crippen molar-refractivity contribution in [3.63, 3.8) is 0 Å². The summed E-state index contributed by atoms with van der Waals surface area (Å²) in [6.07, 6.45) is -5.72. The van der Waals surface area contributed by atoms with Crippen LogP contribution in [0.5, 0.6) is 0 Å². The molecule has 2 aromatic rings. The summed E-state index contributed by atoms with van der Waals surface area (Å²) in [5.41, 5.74) is 7.73. The molecule has 5 N–H and O–H groups in total. The molecular weight excluding hydrogens is 303 g/mol. The third-order valence-electron chi connectivity index (χ3n) is 2.93. The lowest BCUT2D eigenvalue weighted by Gasteiger charge is -2.10. The van der Waals surface area contributed by atoms with E-state index in [1.165, 1.54) is 9.88 Å². The van der Waals surface area contributed by atoms with E-state index in [0.717, 1.165) is 0 Å². The minimum Gasteiger partial charge on any atom is -0.385 e. The zero-order valence-corrected chi connectivity index (χ0v) is 11.3. The van der Waals surface area contributed by atoms with Crippen molar-refractivity contribution in [2.45, 2.75) is 19.0 Å². The highest BCUT2D eigenvalue weighted by Gasteiger charge is 2.28. The van der Waals surface area contributed by atoms with Crippen molar-refractivity contribution in [3.8, 4) is 0 Å². The molecule has 2 heterocycles. The van der Waals surface area contributed by atoms with Crippen LogP contribution in [0.15, 0.2) is 18.2 Å². The largest absolute Gasteiger partial charge is 0.389 e. The van der Waals surface area contributed by atoms with Gasteiger partial charge in [0, 0.05) is 12.8 Å². The summed E-state index contributed by atoms with van der Waals surface area (Å²) >= 11 is 0. The van der Waals surface area contributed by atoms with Gasteiger partial charge in [-0.25, -0.2) is 10.5 Å². The molecule has 120 valence electrons. The van der Waals surface area contributed by atoms with Gasteiger partial charge in [-0.1, -0.05) is 6.07 Å². The fraction of sp³-hybridized carbons (Fsp3) is 0.333. The molecule has 7 nitrogen and oxygen atoms in total. The molecule has 0 atom stereocenters. The summed E-state index contributed by atoms with van der Waals surface area (Å²) in [6.45, 7) is -0.336. The molecule has 0 saturated heterocycles. The van der Waals surface area contributed by atoms with Gasteiger partial charge in [-0.15, -0.1) is 0 Å². The number of fused-ring (bicyclic) bond motifs is 1. The Kier molecular flexibility index (Phi) is 4.40. The fourth-order valence-corrected chi connectivity index (χ4v) is 1.98. The van der Waals surface area contributed by atoms with Gasteiger partial charge in [-0.3, -0.25) is 14.4 Å². The number of nitrogens with two attached hydrogens (primary N) is 1. The molecule has 2 aromatic heterocycles. The van der Waals surface area contributed by atoms with Crippen LogP contribution in [0.2, 0.25) is 0 Å². The number of nitrogens with zero attached hydrogens (tertiary/aromatic N) is 2. The number of hydrogen-bond acceptors (Lipinski definition) is 5.